The van der Waals surface area contributed by atoms with Crippen molar-refractivity contribution in [3.8, 4) is 0 Å². The first-order chi connectivity index (χ1) is 8.81. The standard InChI is InChI=1S/C16H14Br2/c17-11-15-7-3-13(4-8-15)1-2-14-5-9-16(12-18)10-6-14/h1-10H,11-12H2/b2-1+. The normalized spacial score (nSPS) is 11.0. The molecule has 2 aromatic rings. The van der Waals surface area contributed by atoms with Crippen LogP contribution < -0.4 is 0 Å². The number of halogens is 2. The number of rotatable bonds is 4. The molecule has 2 heteroatoms. The highest BCUT2D eigenvalue weighted by Crippen LogP contribution is 2.13. The van der Waals surface area contributed by atoms with Gasteiger partial charge in [0.25, 0.3) is 0 Å². The van der Waals surface area contributed by atoms with E-state index in [0.29, 0.717) is 0 Å². The Balaban J connectivity index is 2.08. The van der Waals surface area contributed by atoms with Crippen molar-refractivity contribution in [2.45, 2.75) is 10.7 Å². The maximum atomic E-state index is 3.45. The molecular weight excluding hydrogens is 352 g/mol. The highest BCUT2D eigenvalue weighted by atomic mass is 79.9. The molecular formula is C16H14Br2. The monoisotopic (exact) mass is 364 g/mol. The number of hydrogen-bond donors (Lipinski definition) is 0. The van der Waals surface area contributed by atoms with Crippen molar-refractivity contribution in [3.63, 3.8) is 0 Å². The van der Waals surface area contributed by atoms with Crippen LogP contribution in [-0.4, -0.2) is 0 Å². The fourth-order valence-corrected chi connectivity index (χ4v) is 2.38. The first kappa shape index (κ1) is 13.6. The Kier molecular flexibility index (Phi) is 5.21. The zero-order valence-electron chi connectivity index (χ0n) is 9.94. The third-order valence-corrected chi connectivity index (χ3v) is 4.03. The zero-order valence-corrected chi connectivity index (χ0v) is 13.1. The van der Waals surface area contributed by atoms with Gasteiger partial charge < -0.3 is 0 Å². The van der Waals surface area contributed by atoms with Gasteiger partial charge in [-0.05, 0) is 22.3 Å². The Bertz CT molecular complexity index is 460. The summed E-state index contributed by atoms with van der Waals surface area (Å²) < 4.78 is 0. The van der Waals surface area contributed by atoms with Crippen LogP contribution in [0.1, 0.15) is 22.3 Å². The van der Waals surface area contributed by atoms with E-state index < -0.39 is 0 Å². The summed E-state index contributed by atoms with van der Waals surface area (Å²) in [6.07, 6.45) is 4.28. The minimum atomic E-state index is 0.908. The summed E-state index contributed by atoms with van der Waals surface area (Å²) in [5.41, 5.74) is 5.05. The van der Waals surface area contributed by atoms with E-state index in [1.54, 1.807) is 0 Å². The second-order valence-electron chi connectivity index (χ2n) is 4.08. The predicted octanol–water partition coefficient (Wildman–Crippen LogP) is 5.65. The van der Waals surface area contributed by atoms with E-state index in [2.05, 4.69) is 92.5 Å². The minimum Gasteiger partial charge on any atom is -0.0876 e. The van der Waals surface area contributed by atoms with Gasteiger partial charge in [-0.3, -0.25) is 0 Å². The second-order valence-corrected chi connectivity index (χ2v) is 5.21. The molecule has 0 heterocycles. The van der Waals surface area contributed by atoms with Crippen LogP contribution >= 0.6 is 31.9 Å². The van der Waals surface area contributed by atoms with Crippen LogP contribution in [0.5, 0.6) is 0 Å². The van der Waals surface area contributed by atoms with Crippen LogP contribution in [0.25, 0.3) is 12.2 Å². The lowest BCUT2D eigenvalue weighted by atomic mass is 10.1. The quantitative estimate of drug-likeness (QED) is 0.485. The second kappa shape index (κ2) is 6.91. The van der Waals surface area contributed by atoms with E-state index in [0.717, 1.165) is 10.7 Å². The van der Waals surface area contributed by atoms with E-state index in [9.17, 15) is 0 Å². The molecule has 0 unspecified atom stereocenters. The van der Waals surface area contributed by atoms with Crippen LogP contribution in [0, 0.1) is 0 Å². The lowest BCUT2D eigenvalue weighted by Crippen LogP contribution is -1.79. The molecule has 0 aromatic heterocycles. The summed E-state index contributed by atoms with van der Waals surface area (Å²) in [6.45, 7) is 0. The average Bonchev–Trinajstić information content (AvgIpc) is 2.46. The fraction of sp³-hybridized carbons (Fsp3) is 0.125. The Morgan fingerprint density at radius 3 is 1.22 bits per heavy atom. The van der Waals surface area contributed by atoms with Crippen molar-refractivity contribution in [2.24, 2.45) is 0 Å². The highest BCUT2D eigenvalue weighted by Gasteiger charge is 1.92. The van der Waals surface area contributed by atoms with Crippen LogP contribution in [-0.2, 0) is 10.7 Å². The van der Waals surface area contributed by atoms with Crippen molar-refractivity contribution >= 4 is 44.0 Å². The van der Waals surface area contributed by atoms with Gasteiger partial charge in [-0.1, -0.05) is 92.5 Å². The molecule has 0 aliphatic rings. The molecule has 0 saturated carbocycles. The third-order valence-electron chi connectivity index (χ3n) is 2.74. The van der Waals surface area contributed by atoms with Gasteiger partial charge in [0, 0.05) is 10.7 Å². The van der Waals surface area contributed by atoms with Crippen LogP contribution in [0.2, 0.25) is 0 Å². The summed E-state index contributed by atoms with van der Waals surface area (Å²) in [7, 11) is 0. The maximum Gasteiger partial charge on any atom is 0.0283 e. The molecule has 2 rings (SSSR count). The molecule has 92 valence electrons. The molecule has 0 aliphatic heterocycles. The van der Waals surface area contributed by atoms with Crippen molar-refractivity contribution in [1.29, 1.82) is 0 Å². The molecule has 0 aliphatic carbocycles. The van der Waals surface area contributed by atoms with E-state index in [1.807, 2.05) is 0 Å². The Morgan fingerprint density at radius 2 is 0.944 bits per heavy atom. The fourth-order valence-electron chi connectivity index (χ4n) is 1.63. The van der Waals surface area contributed by atoms with Gasteiger partial charge in [0.15, 0.2) is 0 Å². The van der Waals surface area contributed by atoms with E-state index in [4.69, 9.17) is 0 Å². The van der Waals surface area contributed by atoms with Gasteiger partial charge in [0.1, 0.15) is 0 Å². The van der Waals surface area contributed by atoms with Crippen LogP contribution in [0.15, 0.2) is 48.5 Å². The summed E-state index contributed by atoms with van der Waals surface area (Å²) in [5.74, 6) is 0. The molecule has 0 saturated heterocycles. The summed E-state index contributed by atoms with van der Waals surface area (Å²) >= 11 is 6.90. The van der Waals surface area contributed by atoms with E-state index in [1.165, 1.54) is 22.3 Å². The number of alkyl halides is 2. The van der Waals surface area contributed by atoms with Gasteiger partial charge >= 0.3 is 0 Å². The topological polar surface area (TPSA) is 0 Å². The molecule has 0 radical (unpaired) electrons. The SMILES string of the molecule is BrCc1ccc(/C=C/c2ccc(CBr)cc2)cc1. The van der Waals surface area contributed by atoms with Gasteiger partial charge in [0.05, 0.1) is 0 Å². The molecule has 0 atom stereocenters. The van der Waals surface area contributed by atoms with E-state index in [-0.39, 0.29) is 0 Å². The Labute approximate surface area is 125 Å². The maximum absolute atomic E-state index is 3.45. The van der Waals surface area contributed by atoms with Crippen molar-refractivity contribution in [1.82, 2.24) is 0 Å². The predicted molar refractivity (Wildman–Crippen MR) is 87.1 cm³/mol. The molecule has 0 N–H and O–H groups in total. The molecule has 0 fully saturated rings. The smallest absolute Gasteiger partial charge is 0.0283 e. The molecule has 0 amide bonds. The van der Waals surface area contributed by atoms with Crippen LogP contribution in [0.4, 0.5) is 0 Å². The third kappa shape index (κ3) is 3.82. The molecule has 18 heavy (non-hydrogen) atoms. The zero-order chi connectivity index (χ0) is 12.8. The largest absolute Gasteiger partial charge is 0.0876 e. The van der Waals surface area contributed by atoms with E-state index >= 15 is 0 Å². The number of hydrogen-bond acceptors (Lipinski definition) is 0. The lowest BCUT2D eigenvalue weighted by Gasteiger charge is -1.98. The number of benzene rings is 2. The average molecular weight is 366 g/mol. The first-order valence-electron chi connectivity index (χ1n) is 5.80. The van der Waals surface area contributed by atoms with Crippen LogP contribution in [0.3, 0.4) is 0 Å². The summed E-state index contributed by atoms with van der Waals surface area (Å²) in [5, 5.41) is 1.82. The van der Waals surface area contributed by atoms with Gasteiger partial charge in [-0.25, -0.2) is 0 Å². The van der Waals surface area contributed by atoms with Gasteiger partial charge in [-0.2, -0.15) is 0 Å². The lowest BCUT2D eigenvalue weighted by molar-refractivity contribution is 1.43. The molecule has 2 aromatic carbocycles. The Hall–Kier alpha value is -0.860. The van der Waals surface area contributed by atoms with Gasteiger partial charge in [0.2, 0.25) is 0 Å². The molecule has 0 nitrogen and oxygen atoms in total. The van der Waals surface area contributed by atoms with Gasteiger partial charge in [-0.15, -0.1) is 0 Å². The summed E-state index contributed by atoms with van der Waals surface area (Å²) in [6, 6.07) is 17.1. The Morgan fingerprint density at radius 1 is 0.611 bits per heavy atom. The molecule has 0 bridgehead atoms. The highest BCUT2D eigenvalue weighted by molar-refractivity contribution is 9.08. The minimum absolute atomic E-state index is 0.908. The molecule has 0 spiro atoms. The summed E-state index contributed by atoms with van der Waals surface area (Å²) in [4.78, 5) is 0. The van der Waals surface area contributed by atoms with Crippen molar-refractivity contribution in [2.75, 3.05) is 0 Å². The van der Waals surface area contributed by atoms with Crippen molar-refractivity contribution in [3.05, 3.63) is 70.8 Å². The van der Waals surface area contributed by atoms with Crippen molar-refractivity contribution < 1.29 is 0 Å². The first-order valence-corrected chi connectivity index (χ1v) is 8.04.